The lowest BCUT2D eigenvalue weighted by Crippen LogP contribution is -1.88. The van der Waals surface area contributed by atoms with E-state index in [0.717, 1.165) is 37.2 Å². The first-order valence-corrected chi connectivity index (χ1v) is 15.1. The fourth-order valence-electron chi connectivity index (χ4n) is 3.24. The second-order valence-corrected chi connectivity index (χ2v) is 8.24. The Kier molecular flexibility index (Phi) is 26.8. The molecule has 0 amide bonds. The number of aryl methyl sites for hydroxylation is 4. The minimum absolute atomic E-state index is 0.322. The molecule has 0 aromatic heterocycles. The van der Waals surface area contributed by atoms with Crippen molar-refractivity contribution < 1.29 is 14.6 Å². The summed E-state index contributed by atoms with van der Waals surface area (Å²) in [6.07, 6.45) is 4.57. The molecular formula is C38H56O3. The SMILES string of the molecule is CC.CC.CCc1ccc(CC)cc1.CCc1ccc(CC)cc1.COc1ccccc1OC.Oc1ccccc1. The van der Waals surface area contributed by atoms with Gasteiger partial charge in [-0.3, -0.25) is 0 Å². The molecule has 4 aromatic carbocycles. The molecule has 0 bridgehead atoms. The number of methoxy groups -OCH3 is 2. The third kappa shape index (κ3) is 19.1. The predicted molar refractivity (Wildman–Crippen MR) is 181 cm³/mol. The van der Waals surface area contributed by atoms with Crippen molar-refractivity contribution in [2.75, 3.05) is 14.2 Å². The molecule has 0 saturated carbocycles. The van der Waals surface area contributed by atoms with Crippen LogP contribution in [0.4, 0.5) is 0 Å². The summed E-state index contributed by atoms with van der Waals surface area (Å²) >= 11 is 0. The van der Waals surface area contributed by atoms with Crippen molar-refractivity contribution in [1.82, 2.24) is 0 Å². The van der Waals surface area contributed by atoms with Crippen molar-refractivity contribution >= 4 is 0 Å². The van der Waals surface area contributed by atoms with Crippen LogP contribution in [0.3, 0.4) is 0 Å². The number of benzene rings is 4. The number of rotatable bonds is 6. The summed E-state index contributed by atoms with van der Waals surface area (Å²) < 4.78 is 10.0. The van der Waals surface area contributed by atoms with Gasteiger partial charge in [0.05, 0.1) is 14.2 Å². The van der Waals surface area contributed by atoms with E-state index in [1.807, 2.05) is 58.0 Å². The van der Waals surface area contributed by atoms with Gasteiger partial charge < -0.3 is 14.6 Å². The predicted octanol–water partition coefficient (Wildman–Crippen LogP) is 10.8. The fourth-order valence-corrected chi connectivity index (χ4v) is 3.24. The summed E-state index contributed by atoms with van der Waals surface area (Å²) in [6.45, 7) is 16.7. The minimum Gasteiger partial charge on any atom is -0.508 e. The Labute approximate surface area is 252 Å². The van der Waals surface area contributed by atoms with Crippen molar-refractivity contribution in [3.63, 3.8) is 0 Å². The summed E-state index contributed by atoms with van der Waals surface area (Å²) in [5.74, 6) is 1.86. The standard InChI is InChI=1S/2C10H14.C8H10O2.C6H6O.2C2H6/c2*1-3-9-5-7-10(4-2)8-6-9;1-9-7-5-3-4-6-8(7)10-2;7-6-4-2-1-3-5-6;2*1-2/h2*5-8H,3-4H2,1-2H3;3-6H,1-2H3;1-5,7H;2*1-2H3. The Hall–Kier alpha value is -3.72. The summed E-state index contributed by atoms with van der Waals surface area (Å²) in [5, 5.41) is 8.63. The van der Waals surface area contributed by atoms with Crippen LogP contribution in [0.5, 0.6) is 17.2 Å². The van der Waals surface area contributed by atoms with E-state index >= 15 is 0 Å². The smallest absolute Gasteiger partial charge is 0.160 e. The maximum Gasteiger partial charge on any atom is 0.160 e. The average molecular weight is 561 g/mol. The molecule has 0 unspecified atom stereocenters. The summed E-state index contributed by atoms with van der Waals surface area (Å²) in [7, 11) is 3.25. The van der Waals surface area contributed by atoms with Gasteiger partial charge in [-0.05, 0) is 72.2 Å². The molecule has 3 heteroatoms. The highest BCUT2D eigenvalue weighted by molar-refractivity contribution is 5.39. The van der Waals surface area contributed by atoms with E-state index in [-0.39, 0.29) is 0 Å². The van der Waals surface area contributed by atoms with Crippen LogP contribution in [0.2, 0.25) is 0 Å². The molecule has 0 radical (unpaired) electrons. The van der Waals surface area contributed by atoms with Gasteiger partial charge in [0.2, 0.25) is 0 Å². The molecule has 4 aromatic rings. The van der Waals surface area contributed by atoms with Crippen molar-refractivity contribution in [3.8, 4) is 17.2 Å². The normalized spacial score (nSPS) is 8.73. The molecule has 0 heterocycles. The van der Waals surface area contributed by atoms with E-state index in [9.17, 15) is 0 Å². The first-order chi connectivity index (χ1) is 20.0. The van der Waals surface area contributed by atoms with E-state index in [1.165, 1.54) is 22.3 Å². The molecule has 0 spiro atoms. The van der Waals surface area contributed by atoms with Crippen LogP contribution in [-0.4, -0.2) is 19.3 Å². The molecule has 0 saturated heterocycles. The lowest BCUT2D eigenvalue weighted by atomic mass is 10.1. The number of phenolic OH excluding ortho intramolecular Hbond substituents is 1. The van der Waals surface area contributed by atoms with E-state index < -0.39 is 0 Å². The molecule has 0 aliphatic rings. The second-order valence-electron chi connectivity index (χ2n) is 8.24. The molecule has 226 valence electrons. The largest absolute Gasteiger partial charge is 0.508 e. The number of ether oxygens (including phenoxy) is 2. The quantitative estimate of drug-likeness (QED) is 0.255. The van der Waals surface area contributed by atoms with Gasteiger partial charge >= 0.3 is 0 Å². The van der Waals surface area contributed by atoms with E-state index in [0.29, 0.717) is 5.75 Å². The van der Waals surface area contributed by atoms with Crippen LogP contribution >= 0.6 is 0 Å². The van der Waals surface area contributed by atoms with Gasteiger partial charge in [0, 0.05) is 0 Å². The maximum atomic E-state index is 8.63. The maximum absolute atomic E-state index is 8.63. The van der Waals surface area contributed by atoms with Crippen LogP contribution in [0.1, 0.15) is 77.6 Å². The van der Waals surface area contributed by atoms with E-state index in [1.54, 1.807) is 38.5 Å². The molecule has 0 fully saturated rings. The van der Waals surface area contributed by atoms with Gasteiger partial charge in [-0.25, -0.2) is 0 Å². The van der Waals surface area contributed by atoms with Crippen LogP contribution in [-0.2, 0) is 25.7 Å². The highest BCUT2D eigenvalue weighted by Crippen LogP contribution is 2.24. The fraction of sp³-hybridized carbons (Fsp3) is 0.368. The van der Waals surface area contributed by atoms with Gasteiger partial charge in [-0.2, -0.15) is 0 Å². The lowest BCUT2D eigenvalue weighted by molar-refractivity contribution is 0.355. The van der Waals surface area contributed by atoms with Gasteiger partial charge in [-0.1, -0.05) is 134 Å². The van der Waals surface area contributed by atoms with Crippen LogP contribution in [0.25, 0.3) is 0 Å². The average Bonchev–Trinajstić information content (AvgIpc) is 3.07. The third-order valence-corrected chi connectivity index (χ3v) is 5.72. The number of hydrogen-bond donors (Lipinski definition) is 1. The topological polar surface area (TPSA) is 38.7 Å². The summed E-state index contributed by atoms with van der Waals surface area (Å²) in [4.78, 5) is 0. The first kappa shape index (κ1) is 39.4. The summed E-state index contributed by atoms with van der Waals surface area (Å²) in [5.41, 5.74) is 5.71. The zero-order valence-electron chi connectivity index (χ0n) is 27.4. The molecule has 3 nitrogen and oxygen atoms in total. The monoisotopic (exact) mass is 560 g/mol. The van der Waals surface area contributed by atoms with Gasteiger partial charge in [0.15, 0.2) is 11.5 Å². The second kappa shape index (κ2) is 27.8. The van der Waals surface area contributed by atoms with Crippen molar-refractivity contribution in [2.24, 2.45) is 0 Å². The Morgan fingerprint density at radius 3 is 0.829 bits per heavy atom. The zero-order valence-corrected chi connectivity index (χ0v) is 27.4. The Morgan fingerprint density at radius 2 is 0.659 bits per heavy atom. The summed E-state index contributed by atoms with van der Waals surface area (Å²) in [6, 6.07) is 33.9. The number of phenols is 1. The van der Waals surface area contributed by atoms with Crippen molar-refractivity contribution in [1.29, 1.82) is 0 Å². The lowest BCUT2D eigenvalue weighted by Gasteiger charge is -2.04. The molecule has 0 aliphatic heterocycles. The molecule has 1 N–H and O–H groups in total. The molecular weight excluding hydrogens is 504 g/mol. The van der Waals surface area contributed by atoms with Gasteiger partial charge in [0.1, 0.15) is 5.75 Å². The van der Waals surface area contributed by atoms with E-state index in [2.05, 4.69) is 76.2 Å². The number of hydrogen-bond acceptors (Lipinski definition) is 3. The third-order valence-electron chi connectivity index (χ3n) is 5.72. The molecule has 41 heavy (non-hydrogen) atoms. The Balaban J connectivity index is 0. The van der Waals surface area contributed by atoms with Crippen LogP contribution in [0.15, 0.2) is 103 Å². The van der Waals surface area contributed by atoms with E-state index in [4.69, 9.17) is 14.6 Å². The Bertz CT molecular complexity index is 956. The van der Waals surface area contributed by atoms with Crippen molar-refractivity contribution in [2.45, 2.75) is 81.1 Å². The van der Waals surface area contributed by atoms with Crippen molar-refractivity contribution in [3.05, 3.63) is 125 Å². The van der Waals surface area contributed by atoms with Crippen LogP contribution < -0.4 is 9.47 Å². The molecule has 4 rings (SSSR count). The van der Waals surface area contributed by atoms with Gasteiger partial charge in [0.25, 0.3) is 0 Å². The number of para-hydroxylation sites is 3. The number of aromatic hydroxyl groups is 1. The minimum atomic E-state index is 0.322. The Morgan fingerprint density at radius 1 is 0.415 bits per heavy atom. The highest BCUT2D eigenvalue weighted by Gasteiger charge is 1.97. The van der Waals surface area contributed by atoms with Crippen LogP contribution in [0, 0.1) is 0 Å². The first-order valence-electron chi connectivity index (χ1n) is 15.1. The highest BCUT2D eigenvalue weighted by atomic mass is 16.5. The zero-order chi connectivity index (χ0) is 31.3. The van der Waals surface area contributed by atoms with Gasteiger partial charge in [-0.15, -0.1) is 0 Å². The molecule has 0 atom stereocenters. The molecule has 0 aliphatic carbocycles.